The van der Waals surface area contributed by atoms with Crippen LogP contribution in [-0.4, -0.2) is 34.7 Å². The lowest BCUT2D eigenvalue weighted by Crippen LogP contribution is -2.47. The van der Waals surface area contributed by atoms with E-state index in [2.05, 4.69) is 18.7 Å². The molecule has 1 N–H and O–H groups in total. The summed E-state index contributed by atoms with van der Waals surface area (Å²) in [6.45, 7) is 5.76. The molecule has 2 heteroatoms. The van der Waals surface area contributed by atoms with Crippen LogP contribution in [0, 0.1) is 5.92 Å². The van der Waals surface area contributed by atoms with Crippen LogP contribution in [0.15, 0.2) is 0 Å². The molecule has 2 saturated carbocycles. The van der Waals surface area contributed by atoms with Crippen molar-refractivity contribution >= 4 is 0 Å². The molecule has 0 aliphatic heterocycles. The second-order valence-electron chi connectivity index (χ2n) is 6.09. The molecule has 0 bridgehead atoms. The SMILES string of the molecule is CC(C)CN(C1CCCC1)[C@@H]1CCC[C@H]1O. The van der Waals surface area contributed by atoms with E-state index >= 15 is 0 Å². The summed E-state index contributed by atoms with van der Waals surface area (Å²) in [6, 6.07) is 1.23. The summed E-state index contributed by atoms with van der Waals surface area (Å²) in [5, 5.41) is 10.1. The maximum Gasteiger partial charge on any atom is 0.0695 e. The summed E-state index contributed by atoms with van der Waals surface area (Å²) in [5.74, 6) is 0.716. The molecule has 0 aromatic carbocycles. The van der Waals surface area contributed by atoms with E-state index in [4.69, 9.17) is 0 Å². The zero-order valence-electron chi connectivity index (χ0n) is 10.9. The van der Waals surface area contributed by atoms with Gasteiger partial charge in [0.25, 0.3) is 0 Å². The van der Waals surface area contributed by atoms with E-state index in [9.17, 15) is 5.11 Å². The van der Waals surface area contributed by atoms with Crippen LogP contribution in [0.25, 0.3) is 0 Å². The third-order valence-electron chi connectivity index (χ3n) is 4.24. The molecule has 2 aliphatic carbocycles. The molecule has 0 aromatic rings. The second kappa shape index (κ2) is 5.50. The number of hydrogen-bond donors (Lipinski definition) is 1. The first-order valence-electron chi connectivity index (χ1n) is 7.12. The smallest absolute Gasteiger partial charge is 0.0695 e. The Balaban J connectivity index is 2.00. The molecular weight excluding hydrogens is 198 g/mol. The Labute approximate surface area is 100 Å². The summed E-state index contributed by atoms with van der Waals surface area (Å²) < 4.78 is 0. The largest absolute Gasteiger partial charge is 0.391 e. The number of aliphatic hydroxyl groups is 1. The van der Waals surface area contributed by atoms with Crippen molar-refractivity contribution in [3.05, 3.63) is 0 Å². The van der Waals surface area contributed by atoms with Gasteiger partial charge in [-0.3, -0.25) is 4.90 Å². The molecule has 94 valence electrons. The topological polar surface area (TPSA) is 23.5 Å². The van der Waals surface area contributed by atoms with E-state index in [1.165, 1.54) is 45.1 Å². The van der Waals surface area contributed by atoms with E-state index < -0.39 is 0 Å². The zero-order valence-corrected chi connectivity index (χ0v) is 10.9. The summed E-state index contributed by atoms with van der Waals surface area (Å²) in [4.78, 5) is 2.65. The van der Waals surface area contributed by atoms with Crippen LogP contribution in [-0.2, 0) is 0 Å². The van der Waals surface area contributed by atoms with Crippen molar-refractivity contribution in [1.29, 1.82) is 0 Å². The van der Waals surface area contributed by atoms with Crippen LogP contribution in [0.4, 0.5) is 0 Å². The van der Waals surface area contributed by atoms with Crippen LogP contribution < -0.4 is 0 Å². The molecule has 0 saturated heterocycles. The number of rotatable bonds is 4. The zero-order chi connectivity index (χ0) is 11.5. The molecule has 0 spiro atoms. The summed E-state index contributed by atoms with van der Waals surface area (Å²) in [6.07, 6.45) is 8.89. The van der Waals surface area contributed by atoms with Gasteiger partial charge in [-0.2, -0.15) is 0 Å². The first kappa shape index (κ1) is 12.4. The van der Waals surface area contributed by atoms with Crippen LogP contribution >= 0.6 is 0 Å². The minimum Gasteiger partial charge on any atom is -0.391 e. The third kappa shape index (κ3) is 2.78. The van der Waals surface area contributed by atoms with Crippen molar-refractivity contribution in [3.63, 3.8) is 0 Å². The van der Waals surface area contributed by atoms with Crippen molar-refractivity contribution in [2.24, 2.45) is 5.92 Å². The molecule has 2 aliphatic rings. The normalized spacial score (nSPS) is 32.1. The van der Waals surface area contributed by atoms with Gasteiger partial charge in [0.2, 0.25) is 0 Å². The maximum atomic E-state index is 10.1. The summed E-state index contributed by atoms with van der Waals surface area (Å²) in [5.41, 5.74) is 0. The van der Waals surface area contributed by atoms with Crippen LogP contribution in [0.2, 0.25) is 0 Å². The van der Waals surface area contributed by atoms with Crippen LogP contribution in [0.5, 0.6) is 0 Å². The Hall–Kier alpha value is -0.0800. The molecule has 16 heavy (non-hydrogen) atoms. The number of nitrogens with zero attached hydrogens (tertiary/aromatic N) is 1. The van der Waals surface area contributed by atoms with Gasteiger partial charge in [-0.1, -0.05) is 26.7 Å². The monoisotopic (exact) mass is 225 g/mol. The predicted molar refractivity (Wildman–Crippen MR) is 67.4 cm³/mol. The summed E-state index contributed by atoms with van der Waals surface area (Å²) in [7, 11) is 0. The third-order valence-corrected chi connectivity index (χ3v) is 4.24. The van der Waals surface area contributed by atoms with E-state index in [0.29, 0.717) is 12.0 Å². The highest BCUT2D eigenvalue weighted by molar-refractivity contribution is 4.90. The average Bonchev–Trinajstić information content (AvgIpc) is 2.84. The fraction of sp³-hybridized carbons (Fsp3) is 1.00. The molecule has 0 radical (unpaired) electrons. The van der Waals surface area contributed by atoms with Gasteiger partial charge in [0.05, 0.1) is 6.10 Å². The molecule has 2 rings (SSSR count). The van der Waals surface area contributed by atoms with Gasteiger partial charge in [-0.05, 0) is 38.0 Å². The molecule has 0 unspecified atom stereocenters. The van der Waals surface area contributed by atoms with Gasteiger partial charge in [-0.25, -0.2) is 0 Å². The highest BCUT2D eigenvalue weighted by Crippen LogP contribution is 2.32. The minimum atomic E-state index is -0.0562. The lowest BCUT2D eigenvalue weighted by atomic mass is 10.0. The molecule has 0 heterocycles. The van der Waals surface area contributed by atoms with Crippen LogP contribution in [0.1, 0.15) is 58.8 Å². The highest BCUT2D eigenvalue weighted by Gasteiger charge is 2.35. The molecule has 2 atom stereocenters. The highest BCUT2D eigenvalue weighted by atomic mass is 16.3. The fourth-order valence-corrected chi connectivity index (χ4v) is 3.52. The van der Waals surface area contributed by atoms with Gasteiger partial charge in [0, 0.05) is 18.6 Å². The lowest BCUT2D eigenvalue weighted by molar-refractivity contribution is 0.0364. The molecule has 2 nitrogen and oxygen atoms in total. The van der Waals surface area contributed by atoms with Gasteiger partial charge in [0.15, 0.2) is 0 Å². The standard InChI is InChI=1S/C14H27NO/c1-11(2)10-15(12-6-3-4-7-12)13-8-5-9-14(13)16/h11-14,16H,3-10H2,1-2H3/t13-,14-/m1/s1. The Morgan fingerprint density at radius 3 is 2.25 bits per heavy atom. The first-order valence-corrected chi connectivity index (χ1v) is 7.12. The van der Waals surface area contributed by atoms with Gasteiger partial charge in [0.1, 0.15) is 0 Å². The predicted octanol–water partition coefficient (Wildman–Crippen LogP) is 2.80. The van der Waals surface area contributed by atoms with Crippen molar-refractivity contribution < 1.29 is 5.11 Å². The van der Waals surface area contributed by atoms with Crippen molar-refractivity contribution in [1.82, 2.24) is 4.90 Å². The number of aliphatic hydroxyl groups excluding tert-OH is 1. The molecule has 0 amide bonds. The van der Waals surface area contributed by atoms with Crippen molar-refractivity contribution in [2.75, 3.05) is 6.54 Å². The van der Waals surface area contributed by atoms with E-state index in [1.807, 2.05) is 0 Å². The van der Waals surface area contributed by atoms with Gasteiger partial charge >= 0.3 is 0 Å². The molecular formula is C14H27NO. The molecule has 0 aromatic heterocycles. The van der Waals surface area contributed by atoms with Crippen molar-refractivity contribution in [3.8, 4) is 0 Å². The summed E-state index contributed by atoms with van der Waals surface area (Å²) >= 11 is 0. The minimum absolute atomic E-state index is 0.0562. The van der Waals surface area contributed by atoms with Gasteiger partial charge < -0.3 is 5.11 Å². The van der Waals surface area contributed by atoms with Gasteiger partial charge in [-0.15, -0.1) is 0 Å². The Bertz CT molecular complexity index is 211. The average molecular weight is 225 g/mol. The Kier molecular flexibility index (Phi) is 4.26. The number of hydrogen-bond acceptors (Lipinski definition) is 2. The van der Waals surface area contributed by atoms with E-state index in [1.54, 1.807) is 0 Å². The van der Waals surface area contributed by atoms with Crippen molar-refractivity contribution in [2.45, 2.75) is 77.0 Å². The lowest BCUT2D eigenvalue weighted by Gasteiger charge is -2.37. The first-order chi connectivity index (χ1) is 7.68. The van der Waals surface area contributed by atoms with E-state index in [0.717, 1.165) is 12.5 Å². The quantitative estimate of drug-likeness (QED) is 0.795. The Morgan fingerprint density at radius 1 is 1.06 bits per heavy atom. The Morgan fingerprint density at radius 2 is 1.75 bits per heavy atom. The fourth-order valence-electron chi connectivity index (χ4n) is 3.52. The second-order valence-corrected chi connectivity index (χ2v) is 6.09. The molecule has 2 fully saturated rings. The maximum absolute atomic E-state index is 10.1. The van der Waals surface area contributed by atoms with E-state index in [-0.39, 0.29) is 6.10 Å². The van der Waals surface area contributed by atoms with Crippen LogP contribution in [0.3, 0.4) is 0 Å².